The minimum absolute atomic E-state index is 0.0649. The van der Waals surface area contributed by atoms with Crippen molar-refractivity contribution in [2.75, 3.05) is 11.6 Å². The first-order valence-corrected chi connectivity index (χ1v) is 8.12. The maximum Gasteiger partial charge on any atom is 0.227 e. The SMILES string of the molecule is C[C@@H](NS(C)(=O)=O)c1ccc(NC(=O)C2CC2)cc1. The molecule has 1 atom stereocenters. The van der Waals surface area contributed by atoms with Crippen LogP contribution in [0, 0.1) is 5.92 Å². The van der Waals surface area contributed by atoms with Gasteiger partial charge in [0.05, 0.1) is 6.26 Å². The van der Waals surface area contributed by atoms with Crippen LogP contribution in [0.2, 0.25) is 0 Å². The van der Waals surface area contributed by atoms with Gasteiger partial charge in [0.1, 0.15) is 0 Å². The first-order chi connectivity index (χ1) is 8.85. The van der Waals surface area contributed by atoms with E-state index in [9.17, 15) is 13.2 Å². The summed E-state index contributed by atoms with van der Waals surface area (Å²) >= 11 is 0. The van der Waals surface area contributed by atoms with Crippen LogP contribution in [-0.2, 0) is 14.8 Å². The van der Waals surface area contributed by atoms with E-state index in [4.69, 9.17) is 0 Å². The van der Waals surface area contributed by atoms with Crippen molar-refractivity contribution in [2.24, 2.45) is 5.92 Å². The lowest BCUT2D eigenvalue weighted by Crippen LogP contribution is -2.25. The van der Waals surface area contributed by atoms with E-state index in [1.807, 2.05) is 12.1 Å². The maximum atomic E-state index is 11.6. The van der Waals surface area contributed by atoms with Gasteiger partial charge < -0.3 is 5.32 Å². The normalized spacial score (nSPS) is 16.9. The second kappa shape index (κ2) is 5.30. The molecule has 2 N–H and O–H groups in total. The van der Waals surface area contributed by atoms with Gasteiger partial charge in [-0.15, -0.1) is 0 Å². The Bertz CT molecular complexity index is 562. The standard InChI is InChI=1S/C13H18N2O3S/c1-9(15-19(2,17)18)10-5-7-12(8-6-10)14-13(16)11-3-4-11/h5-9,11,15H,3-4H2,1-2H3,(H,14,16)/t9-/m1/s1. The van der Waals surface area contributed by atoms with E-state index in [0.29, 0.717) is 0 Å². The van der Waals surface area contributed by atoms with E-state index in [0.717, 1.165) is 30.3 Å². The molecule has 1 aliphatic rings. The predicted molar refractivity (Wildman–Crippen MR) is 74.2 cm³/mol. The third kappa shape index (κ3) is 4.33. The number of anilines is 1. The van der Waals surface area contributed by atoms with Crippen LogP contribution < -0.4 is 10.0 Å². The van der Waals surface area contributed by atoms with Crippen LogP contribution in [0.1, 0.15) is 31.4 Å². The summed E-state index contributed by atoms with van der Waals surface area (Å²) in [5.74, 6) is 0.237. The van der Waals surface area contributed by atoms with Crippen molar-refractivity contribution in [2.45, 2.75) is 25.8 Å². The molecule has 0 aromatic heterocycles. The summed E-state index contributed by atoms with van der Waals surface area (Å²) in [7, 11) is -3.22. The van der Waals surface area contributed by atoms with Crippen LogP contribution >= 0.6 is 0 Å². The Labute approximate surface area is 113 Å². The maximum absolute atomic E-state index is 11.6. The Morgan fingerprint density at radius 1 is 1.26 bits per heavy atom. The van der Waals surface area contributed by atoms with Crippen LogP contribution in [0.15, 0.2) is 24.3 Å². The third-order valence-corrected chi connectivity index (χ3v) is 3.80. The van der Waals surface area contributed by atoms with Gasteiger partial charge in [-0.2, -0.15) is 0 Å². The molecule has 0 spiro atoms. The average Bonchev–Trinajstić information content (AvgIpc) is 3.11. The van der Waals surface area contributed by atoms with E-state index in [1.54, 1.807) is 19.1 Å². The molecule has 0 heterocycles. The van der Waals surface area contributed by atoms with Crippen molar-refractivity contribution in [3.05, 3.63) is 29.8 Å². The highest BCUT2D eigenvalue weighted by molar-refractivity contribution is 7.88. The number of sulfonamides is 1. The summed E-state index contributed by atoms with van der Waals surface area (Å²) in [4.78, 5) is 11.6. The number of nitrogens with one attached hydrogen (secondary N) is 2. The molecule has 0 aliphatic heterocycles. The monoisotopic (exact) mass is 282 g/mol. The number of carbonyl (C=O) groups is 1. The molecule has 2 rings (SSSR count). The zero-order valence-corrected chi connectivity index (χ0v) is 11.8. The molecule has 1 fully saturated rings. The molecule has 1 amide bonds. The van der Waals surface area contributed by atoms with Crippen molar-refractivity contribution in [1.29, 1.82) is 0 Å². The zero-order chi connectivity index (χ0) is 14.0. The van der Waals surface area contributed by atoms with Gasteiger partial charge in [0.2, 0.25) is 15.9 Å². The summed E-state index contributed by atoms with van der Waals surface area (Å²) < 4.78 is 24.8. The van der Waals surface area contributed by atoms with E-state index in [2.05, 4.69) is 10.0 Å². The second-order valence-electron chi connectivity index (χ2n) is 5.00. The molecule has 1 aliphatic carbocycles. The molecule has 0 unspecified atom stereocenters. The van der Waals surface area contributed by atoms with Crippen LogP contribution in [0.3, 0.4) is 0 Å². The van der Waals surface area contributed by atoms with Crippen LogP contribution in [-0.4, -0.2) is 20.6 Å². The van der Waals surface area contributed by atoms with Crippen molar-refractivity contribution < 1.29 is 13.2 Å². The summed E-state index contributed by atoms with van der Waals surface area (Å²) in [6.45, 7) is 1.78. The number of rotatable bonds is 5. The highest BCUT2D eigenvalue weighted by Gasteiger charge is 2.29. The first-order valence-electron chi connectivity index (χ1n) is 6.23. The van der Waals surface area contributed by atoms with Gasteiger partial charge in [-0.3, -0.25) is 4.79 Å². The largest absolute Gasteiger partial charge is 0.326 e. The first kappa shape index (κ1) is 14.0. The summed E-state index contributed by atoms with van der Waals surface area (Å²) in [6, 6.07) is 6.91. The van der Waals surface area contributed by atoms with Crippen molar-refractivity contribution in [3.8, 4) is 0 Å². The summed E-state index contributed by atoms with van der Waals surface area (Å²) in [5, 5.41) is 2.84. The van der Waals surface area contributed by atoms with Crippen molar-refractivity contribution in [1.82, 2.24) is 4.72 Å². The predicted octanol–water partition coefficient (Wildman–Crippen LogP) is 1.65. The molecule has 6 heteroatoms. The summed E-state index contributed by atoms with van der Waals surface area (Å²) in [5.41, 5.74) is 1.60. The lowest BCUT2D eigenvalue weighted by molar-refractivity contribution is -0.117. The van der Waals surface area contributed by atoms with Crippen LogP contribution in [0.25, 0.3) is 0 Å². The quantitative estimate of drug-likeness (QED) is 0.862. The van der Waals surface area contributed by atoms with Crippen molar-refractivity contribution >= 4 is 21.6 Å². The third-order valence-electron chi connectivity index (χ3n) is 3.02. The molecule has 1 aromatic carbocycles. The molecule has 5 nitrogen and oxygen atoms in total. The molecule has 1 aromatic rings. The van der Waals surface area contributed by atoms with Crippen LogP contribution in [0.4, 0.5) is 5.69 Å². The molecule has 104 valence electrons. The van der Waals surface area contributed by atoms with Crippen molar-refractivity contribution in [3.63, 3.8) is 0 Å². The lowest BCUT2D eigenvalue weighted by atomic mass is 10.1. The molecule has 0 bridgehead atoms. The highest BCUT2D eigenvalue weighted by atomic mass is 32.2. The Morgan fingerprint density at radius 3 is 2.32 bits per heavy atom. The Balaban J connectivity index is 1.99. The fourth-order valence-electron chi connectivity index (χ4n) is 1.83. The van der Waals surface area contributed by atoms with E-state index < -0.39 is 10.0 Å². The number of hydrogen-bond donors (Lipinski definition) is 2. The summed E-state index contributed by atoms with van der Waals surface area (Å²) in [6.07, 6.45) is 3.08. The zero-order valence-electron chi connectivity index (χ0n) is 11.0. The average molecular weight is 282 g/mol. The Kier molecular flexibility index (Phi) is 3.91. The van der Waals surface area contributed by atoms with Gasteiger partial charge in [-0.1, -0.05) is 12.1 Å². The van der Waals surface area contributed by atoms with Gasteiger partial charge in [-0.05, 0) is 37.5 Å². The molecule has 0 radical (unpaired) electrons. The number of carbonyl (C=O) groups excluding carboxylic acids is 1. The van der Waals surface area contributed by atoms with Crippen LogP contribution in [0.5, 0.6) is 0 Å². The van der Waals surface area contributed by atoms with E-state index in [-0.39, 0.29) is 17.9 Å². The van der Waals surface area contributed by atoms with Gasteiger partial charge >= 0.3 is 0 Å². The van der Waals surface area contributed by atoms with Gasteiger partial charge in [0.25, 0.3) is 0 Å². The van der Waals surface area contributed by atoms with Gasteiger partial charge in [-0.25, -0.2) is 13.1 Å². The number of hydrogen-bond acceptors (Lipinski definition) is 3. The fourth-order valence-corrected chi connectivity index (χ4v) is 2.61. The van der Waals surface area contributed by atoms with Gasteiger partial charge in [0, 0.05) is 17.6 Å². The number of benzene rings is 1. The lowest BCUT2D eigenvalue weighted by Gasteiger charge is -2.13. The highest BCUT2D eigenvalue weighted by Crippen LogP contribution is 2.30. The minimum atomic E-state index is -3.22. The van der Waals surface area contributed by atoms with E-state index >= 15 is 0 Å². The minimum Gasteiger partial charge on any atom is -0.326 e. The smallest absolute Gasteiger partial charge is 0.227 e. The number of amides is 1. The Hall–Kier alpha value is -1.40. The molecule has 0 saturated heterocycles. The molecule has 1 saturated carbocycles. The second-order valence-corrected chi connectivity index (χ2v) is 6.78. The van der Waals surface area contributed by atoms with Gasteiger partial charge in [0.15, 0.2) is 0 Å². The molecular weight excluding hydrogens is 264 g/mol. The topological polar surface area (TPSA) is 75.3 Å². The molecular formula is C13H18N2O3S. The molecule has 19 heavy (non-hydrogen) atoms. The fraction of sp³-hybridized carbons (Fsp3) is 0.462. The Morgan fingerprint density at radius 2 is 1.84 bits per heavy atom. The van der Waals surface area contributed by atoms with E-state index in [1.165, 1.54) is 0 Å².